The molecule has 1 spiro atoms. The lowest BCUT2D eigenvalue weighted by atomic mass is 9.86. The molecule has 0 aromatic carbocycles. The number of hydrogen-bond acceptors (Lipinski definition) is 3. The van der Waals surface area contributed by atoms with Gasteiger partial charge < -0.3 is 10.1 Å². The first-order valence-electron chi connectivity index (χ1n) is 6.52. The topological polar surface area (TPSA) is 21.3 Å². The summed E-state index contributed by atoms with van der Waals surface area (Å²) in [6.45, 7) is 2.35. The van der Waals surface area contributed by atoms with Crippen molar-refractivity contribution in [1.29, 1.82) is 0 Å². The highest BCUT2D eigenvalue weighted by Crippen LogP contribution is 2.45. The zero-order chi connectivity index (χ0) is 13.5. The van der Waals surface area contributed by atoms with Gasteiger partial charge in [0.2, 0.25) is 0 Å². The molecular formula is C13H16F3NOS. The Kier molecular flexibility index (Phi) is 3.35. The van der Waals surface area contributed by atoms with E-state index in [1.807, 2.05) is 0 Å². The number of alkyl halides is 3. The van der Waals surface area contributed by atoms with Gasteiger partial charge in [0.25, 0.3) is 0 Å². The zero-order valence-corrected chi connectivity index (χ0v) is 11.3. The molecule has 2 aliphatic heterocycles. The smallest absolute Gasteiger partial charge is 0.369 e. The van der Waals surface area contributed by atoms with Crippen LogP contribution in [-0.2, 0) is 23.2 Å². The van der Waals surface area contributed by atoms with Crippen molar-refractivity contribution in [3.63, 3.8) is 0 Å². The van der Waals surface area contributed by atoms with Gasteiger partial charge in [-0.1, -0.05) is 0 Å². The number of hydrogen-bond donors (Lipinski definition) is 1. The minimum Gasteiger partial charge on any atom is -0.369 e. The molecule has 3 rings (SSSR count). The largest absolute Gasteiger partial charge is 0.393 e. The molecule has 0 aliphatic carbocycles. The lowest BCUT2D eigenvalue weighted by Gasteiger charge is -2.40. The molecule has 1 aromatic heterocycles. The predicted molar refractivity (Wildman–Crippen MR) is 67.5 cm³/mol. The molecule has 1 N–H and O–H groups in total. The maximum absolute atomic E-state index is 12.5. The van der Waals surface area contributed by atoms with Crippen LogP contribution in [0.5, 0.6) is 0 Å². The Hall–Kier alpha value is -0.590. The van der Waals surface area contributed by atoms with Crippen molar-refractivity contribution in [1.82, 2.24) is 5.32 Å². The molecule has 19 heavy (non-hydrogen) atoms. The second-order valence-corrected chi connectivity index (χ2v) is 6.34. The maximum Gasteiger partial charge on any atom is 0.393 e. The monoisotopic (exact) mass is 291 g/mol. The molecule has 106 valence electrons. The van der Waals surface area contributed by atoms with Crippen LogP contribution in [0.1, 0.15) is 28.2 Å². The van der Waals surface area contributed by atoms with Crippen LogP contribution in [0.3, 0.4) is 0 Å². The third kappa shape index (κ3) is 2.66. The first-order valence-corrected chi connectivity index (χ1v) is 7.34. The normalized spacial score (nSPS) is 22.5. The summed E-state index contributed by atoms with van der Waals surface area (Å²) in [5.41, 5.74) is 0.741. The summed E-state index contributed by atoms with van der Waals surface area (Å²) in [4.78, 5) is 1.46. The number of halogens is 3. The van der Waals surface area contributed by atoms with E-state index in [4.69, 9.17) is 4.74 Å². The summed E-state index contributed by atoms with van der Waals surface area (Å²) in [5.74, 6) is 0. The van der Waals surface area contributed by atoms with Crippen LogP contribution in [0.4, 0.5) is 13.2 Å². The van der Waals surface area contributed by atoms with Gasteiger partial charge in [0.1, 0.15) is 5.60 Å². The molecule has 1 aromatic rings. The van der Waals surface area contributed by atoms with Crippen LogP contribution in [-0.4, -0.2) is 25.9 Å². The van der Waals surface area contributed by atoms with Crippen LogP contribution in [0.2, 0.25) is 0 Å². The van der Waals surface area contributed by atoms with E-state index in [-0.39, 0.29) is 5.60 Å². The van der Waals surface area contributed by atoms with E-state index in [2.05, 4.69) is 5.32 Å². The van der Waals surface area contributed by atoms with Crippen molar-refractivity contribution in [3.8, 4) is 0 Å². The molecule has 0 unspecified atom stereocenters. The van der Waals surface area contributed by atoms with E-state index in [0.29, 0.717) is 11.5 Å². The SMILES string of the molecule is FC(F)(F)Cc1cc2c(s1)C1(CCNCC1)OCC2. The maximum atomic E-state index is 12.5. The van der Waals surface area contributed by atoms with Gasteiger partial charge >= 0.3 is 6.18 Å². The highest BCUT2D eigenvalue weighted by molar-refractivity contribution is 7.12. The second kappa shape index (κ2) is 4.75. The van der Waals surface area contributed by atoms with Gasteiger partial charge in [0.05, 0.1) is 13.0 Å². The summed E-state index contributed by atoms with van der Waals surface area (Å²) in [6, 6.07) is 1.74. The van der Waals surface area contributed by atoms with Crippen LogP contribution in [0, 0.1) is 0 Å². The van der Waals surface area contributed by atoms with Crippen molar-refractivity contribution in [2.45, 2.75) is 37.5 Å². The van der Waals surface area contributed by atoms with Gasteiger partial charge in [-0.15, -0.1) is 11.3 Å². The molecule has 0 radical (unpaired) electrons. The lowest BCUT2D eigenvalue weighted by molar-refractivity contribution is -0.126. The fraction of sp³-hybridized carbons (Fsp3) is 0.692. The van der Waals surface area contributed by atoms with Crippen LogP contribution in [0.15, 0.2) is 6.07 Å². The highest BCUT2D eigenvalue weighted by Gasteiger charge is 2.41. The van der Waals surface area contributed by atoms with Gasteiger partial charge in [-0.05, 0) is 44.0 Å². The van der Waals surface area contributed by atoms with E-state index in [0.717, 1.165) is 42.8 Å². The van der Waals surface area contributed by atoms with E-state index in [9.17, 15) is 13.2 Å². The molecule has 0 atom stereocenters. The molecule has 3 heterocycles. The fourth-order valence-corrected chi connectivity index (χ4v) is 4.41. The zero-order valence-electron chi connectivity index (χ0n) is 10.5. The Morgan fingerprint density at radius 2 is 2.05 bits per heavy atom. The lowest BCUT2D eigenvalue weighted by Crippen LogP contribution is -2.43. The number of rotatable bonds is 1. The van der Waals surface area contributed by atoms with E-state index in [1.54, 1.807) is 6.07 Å². The molecule has 0 bridgehead atoms. The van der Waals surface area contributed by atoms with Gasteiger partial charge in [0, 0.05) is 9.75 Å². The summed E-state index contributed by atoms with van der Waals surface area (Å²) >= 11 is 1.29. The van der Waals surface area contributed by atoms with E-state index < -0.39 is 12.6 Å². The number of thiophene rings is 1. The predicted octanol–water partition coefficient (Wildman–Crippen LogP) is 3.00. The average molecular weight is 291 g/mol. The minimum atomic E-state index is -4.13. The molecule has 6 heteroatoms. The number of fused-ring (bicyclic) bond motifs is 2. The molecule has 0 amide bonds. The molecule has 1 fully saturated rings. The molecule has 1 saturated heterocycles. The highest BCUT2D eigenvalue weighted by atomic mass is 32.1. The Labute approximate surface area is 114 Å². The minimum absolute atomic E-state index is 0.326. The van der Waals surface area contributed by atoms with Gasteiger partial charge in [0.15, 0.2) is 0 Å². The van der Waals surface area contributed by atoms with E-state index >= 15 is 0 Å². The molecule has 0 saturated carbocycles. The Balaban J connectivity index is 1.91. The third-order valence-electron chi connectivity index (χ3n) is 3.81. The van der Waals surface area contributed by atoms with Crippen molar-refractivity contribution in [2.24, 2.45) is 0 Å². The summed E-state index contributed by atoms with van der Waals surface area (Å²) in [6.07, 6.45) is -2.51. The third-order valence-corrected chi connectivity index (χ3v) is 5.17. The number of nitrogens with one attached hydrogen (secondary N) is 1. The van der Waals surface area contributed by atoms with Gasteiger partial charge in [-0.25, -0.2) is 0 Å². The quantitative estimate of drug-likeness (QED) is 0.859. The Bertz CT molecular complexity index is 463. The Morgan fingerprint density at radius 3 is 2.74 bits per heavy atom. The second-order valence-electron chi connectivity index (χ2n) is 5.20. The van der Waals surface area contributed by atoms with Gasteiger partial charge in [-0.2, -0.15) is 13.2 Å². The van der Waals surface area contributed by atoms with Crippen molar-refractivity contribution in [3.05, 3.63) is 21.4 Å². The molecule has 2 aliphatic rings. The summed E-state index contributed by atoms with van der Waals surface area (Å²) < 4.78 is 43.5. The van der Waals surface area contributed by atoms with Crippen molar-refractivity contribution >= 4 is 11.3 Å². The Morgan fingerprint density at radius 1 is 1.32 bits per heavy atom. The number of ether oxygens (including phenoxy) is 1. The number of piperidine rings is 1. The van der Waals surface area contributed by atoms with Gasteiger partial charge in [-0.3, -0.25) is 0 Å². The van der Waals surface area contributed by atoms with Crippen molar-refractivity contribution in [2.75, 3.05) is 19.7 Å². The summed E-state index contributed by atoms with van der Waals surface area (Å²) in [5, 5.41) is 3.28. The first kappa shape index (κ1) is 13.4. The van der Waals surface area contributed by atoms with Crippen molar-refractivity contribution < 1.29 is 17.9 Å². The van der Waals surface area contributed by atoms with Crippen LogP contribution < -0.4 is 5.32 Å². The molecule has 2 nitrogen and oxygen atoms in total. The van der Waals surface area contributed by atoms with Crippen LogP contribution >= 0.6 is 11.3 Å². The van der Waals surface area contributed by atoms with E-state index in [1.165, 1.54) is 11.3 Å². The molecular weight excluding hydrogens is 275 g/mol. The standard InChI is InChI=1S/C13H16F3NOS/c14-13(15,16)8-10-7-9-1-6-18-12(11(9)19-10)2-4-17-5-3-12/h7,17H,1-6,8H2. The summed E-state index contributed by atoms with van der Waals surface area (Å²) in [7, 11) is 0. The van der Waals surface area contributed by atoms with Crippen LogP contribution in [0.25, 0.3) is 0 Å². The fourth-order valence-electron chi connectivity index (χ4n) is 2.97. The average Bonchev–Trinajstić information content (AvgIpc) is 2.72. The first-order chi connectivity index (χ1) is 8.99.